The molecule has 0 fully saturated rings. The van der Waals surface area contributed by atoms with Gasteiger partial charge in [0.1, 0.15) is 0 Å². The summed E-state index contributed by atoms with van der Waals surface area (Å²) in [5, 5.41) is 3.36. The summed E-state index contributed by atoms with van der Waals surface area (Å²) < 4.78 is 4.55. The molecule has 0 aliphatic heterocycles. The van der Waals surface area contributed by atoms with Gasteiger partial charge in [-0.1, -0.05) is 12.1 Å². The normalized spacial score (nSPS) is 9.50. The maximum Gasteiger partial charge on any atom is 0.337 e. The number of rotatable bonds is 2. The summed E-state index contributed by atoms with van der Waals surface area (Å²) in [5.74, 6) is 4.60. The van der Waals surface area contributed by atoms with Crippen LogP contribution >= 0.6 is 12.4 Å². The molecular weight excluding hydrogens is 204 g/mol. The number of carbonyl (C=O) groups excluding carboxylic acids is 1. The standard InChI is InChI=1S/C9H10N2O2.ClH/c1-13-9(12)8-4-2-3-7(5-8)6-11-10;/h2-6H,10H2,1H3;1H. The first kappa shape index (κ1) is 12.4. The molecule has 0 aromatic heterocycles. The number of ether oxygens (including phenoxy) is 1. The van der Waals surface area contributed by atoms with Gasteiger partial charge < -0.3 is 10.6 Å². The zero-order valence-electron chi connectivity index (χ0n) is 7.64. The number of nitrogens with two attached hydrogens (primary N) is 1. The number of halogens is 1. The molecule has 0 radical (unpaired) electrons. The lowest BCUT2D eigenvalue weighted by Gasteiger charge is -1.98. The molecule has 1 rings (SSSR count). The molecule has 1 aromatic carbocycles. The Morgan fingerprint density at radius 1 is 1.57 bits per heavy atom. The molecule has 0 aliphatic rings. The fraction of sp³-hybridized carbons (Fsp3) is 0.111. The predicted octanol–water partition coefficient (Wildman–Crippen LogP) is 1.19. The smallest absolute Gasteiger partial charge is 0.337 e. The maximum absolute atomic E-state index is 11.1. The largest absolute Gasteiger partial charge is 0.465 e. The first-order valence-corrected chi connectivity index (χ1v) is 3.69. The Morgan fingerprint density at radius 2 is 2.29 bits per heavy atom. The lowest BCUT2D eigenvalue weighted by molar-refractivity contribution is 0.0600. The van der Waals surface area contributed by atoms with Gasteiger partial charge in [-0.25, -0.2) is 4.79 Å². The van der Waals surface area contributed by atoms with Crippen LogP contribution in [0.25, 0.3) is 0 Å². The van der Waals surface area contributed by atoms with E-state index in [2.05, 4.69) is 9.84 Å². The maximum atomic E-state index is 11.1. The Balaban J connectivity index is 0.00000169. The Labute approximate surface area is 88.2 Å². The quantitative estimate of drug-likeness (QED) is 0.348. The Morgan fingerprint density at radius 3 is 2.86 bits per heavy atom. The highest BCUT2D eigenvalue weighted by Crippen LogP contribution is 2.04. The number of hydrogen-bond acceptors (Lipinski definition) is 4. The molecule has 0 spiro atoms. The minimum Gasteiger partial charge on any atom is -0.465 e. The van der Waals surface area contributed by atoms with Crippen LogP contribution in [0.3, 0.4) is 0 Å². The molecule has 0 aliphatic carbocycles. The van der Waals surface area contributed by atoms with E-state index < -0.39 is 0 Å². The second kappa shape index (κ2) is 5.99. The summed E-state index contributed by atoms with van der Waals surface area (Å²) in [6, 6.07) is 6.86. The minimum atomic E-state index is -0.368. The third kappa shape index (κ3) is 3.06. The average molecular weight is 215 g/mol. The number of hydrazone groups is 1. The van der Waals surface area contributed by atoms with Crippen molar-refractivity contribution < 1.29 is 9.53 Å². The third-order valence-electron chi connectivity index (χ3n) is 1.53. The van der Waals surface area contributed by atoms with Crippen molar-refractivity contribution in [3.63, 3.8) is 0 Å². The van der Waals surface area contributed by atoms with E-state index in [1.165, 1.54) is 13.3 Å². The molecule has 2 N–H and O–H groups in total. The molecule has 0 saturated carbocycles. The molecule has 76 valence electrons. The van der Waals surface area contributed by atoms with Gasteiger partial charge in [-0.05, 0) is 17.7 Å². The third-order valence-corrected chi connectivity index (χ3v) is 1.53. The highest BCUT2D eigenvalue weighted by Gasteiger charge is 2.03. The van der Waals surface area contributed by atoms with Gasteiger partial charge in [-0.3, -0.25) is 0 Å². The zero-order chi connectivity index (χ0) is 9.68. The number of carbonyl (C=O) groups is 1. The molecule has 4 nitrogen and oxygen atoms in total. The van der Waals surface area contributed by atoms with Crippen molar-refractivity contribution in [2.24, 2.45) is 10.9 Å². The van der Waals surface area contributed by atoms with Crippen LogP contribution in [-0.2, 0) is 4.74 Å². The number of benzene rings is 1. The van der Waals surface area contributed by atoms with Crippen LogP contribution in [-0.4, -0.2) is 19.3 Å². The summed E-state index contributed by atoms with van der Waals surface area (Å²) in [4.78, 5) is 11.1. The second-order valence-corrected chi connectivity index (χ2v) is 2.40. The molecule has 0 unspecified atom stereocenters. The van der Waals surface area contributed by atoms with E-state index in [0.29, 0.717) is 5.56 Å². The van der Waals surface area contributed by atoms with Crippen molar-refractivity contribution >= 4 is 24.6 Å². The van der Waals surface area contributed by atoms with Crippen LogP contribution in [0.15, 0.2) is 29.4 Å². The van der Waals surface area contributed by atoms with Gasteiger partial charge in [0.15, 0.2) is 0 Å². The van der Waals surface area contributed by atoms with Crippen LogP contribution < -0.4 is 5.84 Å². The summed E-state index contributed by atoms with van der Waals surface area (Å²) in [7, 11) is 1.34. The molecule has 14 heavy (non-hydrogen) atoms. The summed E-state index contributed by atoms with van der Waals surface area (Å²) >= 11 is 0. The van der Waals surface area contributed by atoms with Crippen LogP contribution in [0.5, 0.6) is 0 Å². The summed E-state index contributed by atoms with van der Waals surface area (Å²) in [6.07, 6.45) is 1.46. The van der Waals surface area contributed by atoms with Gasteiger partial charge in [0.2, 0.25) is 0 Å². The van der Waals surface area contributed by atoms with Gasteiger partial charge in [0.05, 0.1) is 18.9 Å². The lowest BCUT2D eigenvalue weighted by atomic mass is 10.1. The van der Waals surface area contributed by atoms with E-state index in [0.717, 1.165) is 5.56 Å². The molecular formula is C9H11ClN2O2. The first-order chi connectivity index (χ1) is 6.27. The van der Waals surface area contributed by atoms with E-state index in [-0.39, 0.29) is 18.4 Å². The zero-order valence-corrected chi connectivity index (χ0v) is 8.45. The Kier molecular flexibility index (Phi) is 5.33. The van der Waals surface area contributed by atoms with Crippen molar-refractivity contribution in [1.82, 2.24) is 0 Å². The van der Waals surface area contributed by atoms with Gasteiger partial charge in [-0.2, -0.15) is 5.10 Å². The highest BCUT2D eigenvalue weighted by atomic mass is 35.5. The molecule has 0 atom stereocenters. The van der Waals surface area contributed by atoms with Gasteiger partial charge in [-0.15, -0.1) is 12.4 Å². The monoisotopic (exact) mass is 214 g/mol. The van der Waals surface area contributed by atoms with Crippen LogP contribution in [0, 0.1) is 0 Å². The fourth-order valence-corrected chi connectivity index (χ4v) is 0.950. The number of esters is 1. The predicted molar refractivity (Wildman–Crippen MR) is 56.8 cm³/mol. The van der Waals surface area contributed by atoms with Crippen LogP contribution in [0.1, 0.15) is 15.9 Å². The van der Waals surface area contributed by atoms with Gasteiger partial charge in [0.25, 0.3) is 0 Å². The molecule has 0 bridgehead atoms. The number of methoxy groups -OCH3 is 1. The summed E-state index contributed by atoms with van der Waals surface area (Å²) in [5.41, 5.74) is 1.25. The Hall–Kier alpha value is -1.55. The van der Waals surface area contributed by atoms with Gasteiger partial charge in [0, 0.05) is 0 Å². The van der Waals surface area contributed by atoms with Crippen molar-refractivity contribution in [3.05, 3.63) is 35.4 Å². The van der Waals surface area contributed by atoms with E-state index in [1.807, 2.05) is 0 Å². The molecule has 1 aromatic rings. The van der Waals surface area contributed by atoms with E-state index in [1.54, 1.807) is 24.3 Å². The van der Waals surface area contributed by atoms with Crippen LogP contribution in [0.2, 0.25) is 0 Å². The molecule has 5 heteroatoms. The van der Waals surface area contributed by atoms with Crippen molar-refractivity contribution in [2.75, 3.05) is 7.11 Å². The Bertz CT molecular complexity index is 339. The lowest BCUT2D eigenvalue weighted by Crippen LogP contribution is -2.01. The van der Waals surface area contributed by atoms with Crippen molar-refractivity contribution in [3.8, 4) is 0 Å². The van der Waals surface area contributed by atoms with Crippen molar-refractivity contribution in [1.29, 1.82) is 0 Å². The number of hydrogen-bond donors (Lipinski definition) is 1. The highest BCUT2D eigenvalue weighted by molar-refractivity contribution is 5.92. The molecule has 0 amide bonds. The minimum absolute atomic E-state index is 0. The second-order valence-electron chi connectivity index (χ2n) is 2.40. The first-order valence-electron chi connectivity index (χ1n) is 3.69. The van der Waals surface area contributed by atoms with Gasteiger partial charge >= 0.3 is 5.97 Å². The number of nitrogens with zero attached hydrogens (tertiary/aromatic N) is 1. The molecule has 0 saturated heterocycles. The van der Waals surface area contributed by atoms with Crippen molar-refractivity contribution in [2.45, 2.75) is 0 Å². The van der Waals surface area contributed by atoms with Crippen LogP contribution in [0.4, 0.5) is 0 Å². The topological polar surface area (TPSA) is 64.7 Å². The average Bonchev–Trinajstić information content (AvgIpc) is 2.18. The van der Waals surface area contributed by atoms with E-state index >= 15 is 0 Å². The van der Waals surface area contributed by atoms with E-state index in [4.69, 9.17) is 5.84 Å². The van der Waals surface area contributed by atoms with E-state index in [9.17, 15) is 4.79 Å². The fourth-order valence-electron chi connectivity index (χ4n) is 0.950. The molecule has 0 heterocycles. The summed E-state index contributed by atoms with van der Waals surface area (Å²) in [6.45, 7) is 0. The SMILES string of the molecule is COC(=O)c1cccc(C=NN)c1.Cl.